The van der Waals surface area contributed by atoms with Gasteiger partial charge in [0.25, 0.3) is 5.69 Å². The first kappa shape index (κ1) is 23.8. The van der Waals surface area contributed by atoms with Gasteiger partial charge in [-0.3, -0.25) is 24.6 Å². The molecule has 2 aromatic carbocycles. The summed E-state index contributed by atoms with van der Waals surface area (Å²) in [6.07, 6.45) is 10.4. The third kappa shape index (κ3) is 5.50. The molecule has 8 heteroatoms. The summed E-state index contributed by atoms with van der Waals surface area (Å²) in [6.45, 7) is 1.83. The number of ether oxygens (including phenoxy) is 1. The highest BCUT2D eigenvalue weighted by atomic mass is 16.6. The highest BCUT2D eigenvalue weighted by molar-refractivity contribution is 6.09. The van der Waals surface area contributed by atoms with E-state index in [1.54, 1.807) is 25.3 Å². The molecule has 1 N–H and O–H groups in total. The number of nitrogens with one attached hydrogen (secondary N) is 1. The number of anilines is 1. The summed E-state index contributed by atoms with van der Waals surface area (Å²) in [5, 5.41) is 14.2. The molecule has 0 bridgehead atoms. The average molecular weight is 450 g/mol. The second-order valence-corrected chi connectivity index (χ2v) is 8.06. The van der Waals surface area contributed by atoms with Crippen LogP contribution in [0.1, 0.15) is 49.3 Å². The van der Waals surface area contributed by atoms with E-state index in [0.29, 0.717) is 17.0 Å². The molecular weight excluding hydrogens is 422 g/mol. The molecule has 0 radical (unpaired) electrons. The van der Waals surface area contributed by atoms with E-state index in [0.717, 1.165) is 37.7 Å². The van der Waals surface area contributed by atoms with E-state index in [1.807, 2.05) is 6.92 Å². The Morgan fingerprint density at radius 2 is 1.85 bits per heavy atom. The summed E-state index contributed by atoms with van der Waals surface area (Å²) < 4.78 is 5.28. The van der Waals surface area contributed by atoms with Crippen LogP contribution in [0.5, 0.6) is 5.75 Å². The zero-order valence-corrected chi connectivity index (χ0v) is 18.7. The number of nitro benzene ring substituents is 1. The summed E-state index contributed by atoms with van der Waals surface area (Å²) in [7, 11) is 1.55. The lowest BCUT2D eigenvalue weighted by molar-refractivity contribution is -0.384. The number of non-ortho nitro benzene ring substituents is 1. The molecule has 1 aliphatic carbocycles. The Labute approximate surface area is 193 Å². The van der Waals surface area contributed by atoms with Crippen LogP contribution in [0.2, 0.25) is 0 Å². The molecule has 0 spiro atoms. The van der Waals surface area contributed by atoms with Gasteiger partial charge in [0, 0.05) is 23.9 Å². The number of hydrogen-bond acceptors (Lipinski definition) is 5. The summed E-state index contributed by atoms with van der Waals surface area (Å²) in [5.41, 5.74) is 1.50. The van der Waals surface area contributed by atoms with Crippen molar-refractivity contribution in [3.63, 3.8) is 0 Å². The fraction of sp³-hybridized carbons (Fsp3) is 0.360. The Kier molecular flexibility index (Phi) is 7.67. The van der Waals surface area contributed by atoms with Gasteiger partial charge in [0.15, 0.2) is 0 Å². The molecule has 1 unspecified atom stereocenters. The van der Waals surface area contributed by atoms with E-state index in [2.05, 4.69) is 11.2 Å². The number of hydrogen-bond donors (Lipinski definition) is 1. The Morgan fingerprint density at radius 1 is 1.18 bits per heavy atom. The molecule has 0 heterocycles. The van der Waals surface area contributed by atoms with E-state index >= 15 is 0 Å². The maximum atomic E-state index is 13.6. The fourth-order valence-corrected chi connectivity index (χ4v) is 4.19. The second kappa shape index (κ2) is 10.6. The van der Waals surface area contributed by atoms with Crippen LogP contribution in [0.25, 0.3) is 0 Å². The third-order valence-electron chi connectivity index (χ3n) is 5.91. The van der Waals surface area contributed by atoms with E-state index in [-0.39, 0.29) is 17.6 Å². The largest absolute Gasteiger partial charge is 0.497 e. The van der Waals surface area contributed by atoms with Gasteiger partial charge in [-0.15, -0.1) is 6.42 Å². The number of methoxy groups -OCH3 is 1. The molecule has 2 amide bonds. The van der Waals surface area contributed by atoms with Crippen LogP contribution < -0.4 is 15.0 Å². The molecular formula is C25H27N3O5. The van der Waals surface area contributed by atoms with Crippen molar-refractivity contribution in [3.8, 4) is 18.1 Å². The molecule has 8 nitrogen and oxygen atoms in total. The predicted octanol–water partition coefficient (Wildman–Crippen LogP) is 4.07. The van der Waals surface area contributed by atoms with Gasteiger partial charge in [-0.2, -0.15) is 0 Å². The minimum Gasteiger partial charge on any atom is -0.497 e. The number of aryl methyl sites for hydroxylation is 1. The first-order valence-electron chi connectivity index (χ1n) is 10.8. The number of nitrogens with zero attached hydrogens (tertiary/aromatic N) is 2. The number of benzene rings is 2. The second-order valence-electron chi connectivity index (χ2n) is 8.06. The van der Waals surface area contributed by atoms with Crippen LogP contribution in [0.3, 0.4) is 0 Å². The summed E-state index contributed by atoms with van der Waals surface area (Å²) in [5.74, 6) is 1.65. The summed E-state index contributed by atoms with van der Waals surface area (Å²) in [4.78, 5) is 38.3. The molecule has 0 saturated heterocycles. The maximum absolute atomic E-state index is 13.6. The van der Waals surface area contributed by atoms with Crippen LogP contribution in [0.15, 0.2) is 42.5 Å². The Hall–Kier alpha value is -3.86. The van der Waals surface area contributed by atoms with Crippen molar-refractivity contribution in [3.05, 3.63) is 63.7 Å². The van der Waals surface area contributed by atoms with Crippen molar-refractivity contribution in [1.82, 2.24) is 5.32 Å². The zero-order chi connectivity index (χ0) is 24.0. The van der Waals surface area contributed by atoms with Gasteiger partial charge in [-0.1, -0.05) is 25.3 Å². The smallest absolute Gasteiger partial charge is 0.303 e. The molecule has 1 aliphatic rings. The number of rotatable bonds is 7. The van der Waals surface area contributed by atoms with Crippen LogP contribution in [0, 0.1) is 29.4 Å². The normalized spacial score (nSPS) is 14.6. The van der Waals surface area contributed by atoms with Gasteiger partial charge in [0.2, 0.25) is 5.91 Å². The van der Waals surface area contributed by atoms with Crippen molar-refractivity contribution >= 4 is 23.2 Å². The Balaban J connectivity index is 2.09. The topological polar surface area (TPSA) is 102 Å². The van der Waals surface area contributed by atoms with Crippen LogP contribution >= 0.6 is 0 Å². The number of terminal acetylenes is 1. The van der Waals surface area contributed by atoms with Crippen LogP contribution in [-0.2, 0) is 9.59 Å². The fourth-order valence-electron chi connectivity index (χ4n) is 4.19. The van der Waals surface area contributed by atoms with Gasteiger partial charge < -0.3 is 10.1 Å². The lowest BCUT2D eigenvalue weighted by atomic mass is 9.93. The van der Waals surface area contributed by atoms with E-state index < -0.39 is 16.9 Å². The standard InChI is InChI=1S/C25H27N3O5/c1-4-23(29)27(19-10-12-20(13-11-19)28(31)32)24(22-15-14-21(33-3)16-17(22)2)25(30)26-18-8-6-5-7-9-18/h1,10-16,18,24H,5-9H2,2-3H3,(H,26,30). The Bertz CT molecular complexity index is 1070. The molecule has 172 valence electrons. The molecule has 1 atom stereocenters. The monoisotopic (exact) mass is 449 g/mol. The minimum absolute atomic E-state index is 0.0203. The molecule has 0 aromatic heterocycles. The number of carbonyl (C=O) groups is 2. The summed E-state index contributed by atoms with van der Waals surface area (Å²) in [6, 6.07) is 9.62. The van der Waals surface area contributed by atoms with Gasteiger partial charge >= 0.3 is 5.91 Å². The molecule has 3 rings (SSSR count). The van der Waals surface area contributed by atoms with Crippen LogP contribution in [-0.4, -0.2) is 29.9 Å². The lowest BCUT2D eigenvalue weighted by Gasteiger charge is -2.33. The Morgan fingerprint density at radius 3 is 2.39 bits per heavy atom. The van der Waals surface area contributed by atoms with E-state index in [4.69, 9.17) is 11.2 Å². The minimum atomic E-state index is -1.05. The van der Waals surface area contributed by atoms with Crippen molar-refractivity contribution in [2.75, 3.05) is 12.0 Å². The van der Waals surface area contributed by atoms with Gasteiger partial charge in [0.05, 0.1) is 12.0 Å². The molecule has 1 saturated carbocycles. The van der Waals surface area contributed by atoms with Crippen molar-refractivity contribution in [1.29, 1.82) is 0 Å². The lowest BCUT2D eigenvalue weighted by Crippen LogP contribution is -2.47. The molecule has 33 heavy (non-hydrogen) atoms. The average Bonchev–Trinajstić information content (AvgIpc) is 2.83. The summed E-state index contributed by atoms with van der Waals surface area (Å²) >= 11 is 0. The highest BCUT2D eigenvalue weighted by Crippen LogP contribution is 2.33. The zero-order valence-electron chi connectivity index (χ0n) is 18.7. The van der Waals surface area contributed by atoms with Crippen molar-refractivity contribution in [2.45, 2.75) is 51.1 Å². The number of carbonyl (C=O) groups excluding carboxylic acids is 2. The first-order valence-corrected chi connectivity index (χ1v) is 10.8. The van der Waals surface area contributed by atoms with Gasteiger partial charge in [-0.25, -0.2) is 0 Å². The van der Waals surface area contributed by atoms with E-state index in [1.165, 1.54) is 29.2 Å². The quantitative estimate of drug-likeness (QED) is 0.390. The SMILES string of the molecule is C#CC(=O)N(c1ccc([N+](=O)[O-])cc1)C(C(=O)NC1CCCCC1)c1ccc(OC)cc1C. The molecule has 0 aliphatic heterocycles. The van der Waals surface area contributed by atoms with Gasteiger partial charge in [0.1, 0.15) is 11.8 Å². The van der Waals surface area contributed by atoms with Crippen molar-refractivity contribution in [2.24, 2.45) is 0 Å². The van der Waals surface area contributed by atoms with Gasteiger partial charge in [-0.05, 0) is 61.1 Å². The predicted molar refractivity (Wildman–Crippen MR) is 125 cm³/mol. The molecule has 2 aromatic rings. The number of nitro groups is 1. The maximum Gasteiger partial charge on any atom is 0.303 e. The highest BCUT2D eigenvalue weighted by Gasteiger charge is 2.34. The molecule has 1 fully saturated rings. The van der Waals surface area contributed by atoms with Crippen LogP contribution in [0.4, 0.5) is 11.4 Å². The number of amides is 2. The van der Waals surface area contributed by atoms with E-state index in [9.17, 15) is 19.7 Å². The van der Waals surface area contributed by atoms with Crippen molar-refractivity contribution < 1.29 is 19.2 Å². The first-order chi connectivity index (χ1) is 15.8. The third-order valence-corrected chi connectivity index (χ3v) is 5.91.